The molecule has 2 heterocycles. The Morgan fingerprint density at radius 1 is 1.11 bits per heavy atom. The Morgan fingerprint density at radius 2 is 1.93 bits per heavy atom. The molecule has 0 radical (unpaired) electrons. The van der Waals surface area contributed by atoms with Gasteiger partial charge in [-0.2, -0.15) is 0 Å². The van der Waals surface area contributed by atoms with Crippen LogP contribution in [0.15, 0.2) is 73.1 Å². The standard InChI is InChI=1S/C21H16FN3O2/c1-27-19-10-7-15(12-17(19)22)21(26)23-16-8-5-14(6-9-16)18-13-25-11-3-2-4-20(25)24-18/h2-13H,1H3,(H,23,26). The first-order valence-corrected chi connectivity index (χ1v) is 8.33. The largest absolute Gasteiger partial charge is 0.494 e. The summed E-state index contributed by atoms with van der Waals surface area (Å²) in [6.45, 7) is 0. The van der Waals surface area contributed by atoms with E-state index < -0.39 is 11.7 Å². The van der Waals surface area contributed by atoms with E-state index in [1.54, 1.807) is 12.1 Å². The summed E-state index contributed by atoms with van der Waals surface area (Å²) >= 11 is 0. The van der Waals surface area contributed by atoms with Crippen molar-refractivity contribution in [3.05, 3.63) is 84.4 Å². The first kappa shape index (κ1) is 16.8. The first-order chi connectivity index (χ1) is 13.1. The molecule has 0 aliphatic heterocycles. The number of pyridine rings is 1. The Kier molecular flexibility index (Phi) is 4.30. The Bertz CT molecular complexity index is 1090. The molecule has 0 fully saturated rings. The van der Waals surface area contributed by atoms with Crippen LogP contribution in [0.3, 0.4) is 0 Å². The third-order valence-electron chi connectivity index (χ3n) is 4.22. The Labute approximate surface area is 155 Å². The molecule has 0 atom stereocenters. The normalized spacial score (nSPS) is 10.7. The van der Waals surface area contributed by atoms with Gasteiger partial charge in [0.1, 0.15) is 5.65 Å². The molecule has 1 amide bonds. The van der Waals surface area contributed by atoms with Gasteiger partial charge in [0, 0.05) is 29.2 Å². The van der Waals surface area contributed by atoms with Crippen LogP contribution in [0.1, 0.15) is 10.4 Å². The fourth-order valence-electron chi connectivity index (χ4n) is 2.81. The predicted octanol–water partition coefficient (Wildman–Crippen LogP) is 4.40. The van der Waals surface area contributed by atoms with Crippen molar-refractivity contribution in [3.8, 4) is 17.0 Å². The number of rotatable bonds is 4. The van der Waals surface area contributed by atoms with Gasteiger partial charge in [-0.15, -0.1) is 0 Å². The van der Waals surface area contributed by atoms with Crippen molar-refractivity contribution in [3.63, 3.8) is 0 Å². The fourth-order valence-corrected chi connectivity index (χ4v) is 2.81. The lowest BCUT2D eigenvalue weighted by molar-refractivity contribution is 0.102. The third-order valence-corrected chi connectivity index (χ3v) is 4.22. The molecule has 2 aromatic carbocycles. The zero-order valence-electron chi connectivity index (χ0n) is 14.5. The molecule has 4 aromatic rings. The number of benzene rings is 2. The minimum atomic E-state index is -0.577. The number of hydrogen-bond acceptors (Lipinski definition) is 3. The molecule has 0 bridgehead atoms. The van der Waals surface area contributed by atoms with E-state index in [0.717, 1.165) is 23.0 Å². The minimum absolute atomic E-state index is 0.100. The molecule has 0 spiro atoms. The number of nitrogens with one attached hydrogen (secondary N) is 1. The topological polar surface area (TPSA) is 55.6 Å². The van der Waals surface area contributed by atoms with Crippen molar-refractivity contribution in [1.82, 2.24) is 9.38 Å². The number of hydrogen-bond donors (Lipinski definition) is 1. The highest BCUT2D eigenvalue weighted by Gasteiger charge is 2.11. The van der Waals surface area contributed by atoms with Gasteiger partial charge in [-0.3, -0.25) is 4.79 Å². The Balaban J connectivity index is 1.52. The predicted molar refractivity (Wildman–Crippen MR) is 102 cm³/mol. The lowest BCUT2D eigenvalue weighted by Gasteiger charge is -2.07. The number of fused-ring (bicyclic) bond motifs is 1. The Hall–Kier alpha value is -3.67. The molecular weight excluding hydrogens is 345 g/mol. The quantitative estimate of drug-likeness (QED) is 0.586. The van der Waals surface area contributed by atoms with E-state index in [1.165, 1.54) is 19.2 Å². The molecule has 0 saturated heterocycles. The number of methoxy groups -OCH3 is 1. The molecule has 4 rings (SSSR count). The SMILES string of the molecule is COc1ccc(C(=O)Nc2ccc(-c3cn4ccccc4n3)cc2)cc1F. The zero-order valence-corrected chi connectivity index (χ0v) is 14.5. The van der Waals surface area contributed by atoms with Gasteiger partial charge in [0.2, 0.25) is 0 Å². The maximum Gasteiger partial charge on any atom is 0.255 e. The van der Waals surface area contributed by atoms with Crippen LogP contribution < -0.4 is 10.1 Å². The van der Waals surface area contributed by atoms with Gasteiger partial charge in [0.15, 0.2) is 11.6 Å². The average molecular weight is 361 g/mol. The number of nitrogens with zero attached hydrogens (tertiary/aromatic N) is 2. The fraction of sp³-hybridized carbons (Fsp3) is 0.0476. The van der Waals surface area contributed by atoms with E-state index >= 15 is 0 Å². The van der Waals surface area contributed by atoms with Crippen molar-refractivity contribution < 1.29 is 13.9 Å². The monoisotopic (exact) mass is 361 g/mol. The molecule has 0 saturated carbocycles. The summed E-state index contributed by atoms with van der Waals surface area (Å²) in [5.74, 6) is -0.868. The van der Waals surface area contributed by atoms with E-state index in [1.807, 2.05) is 47.1 Å². The van der Waals surface area contributed by atoms with Crippen LogP contribution in [0.4, 0.5) is 10.1 Å². The van der Waals surface area contributed by atoms with E-state index in [4.69, 9.17) is 4.74 Å². The highest BCUT2D eigenvalue weighted by atomic mass is 19.1. The van der Waals surface area contributed by atoms with Crippen LogP contribution in [-0.2, 0) is 0 Å². The van der Waals surface area contributed by atoms with E-state index in [2.05, 4.69) is 10.3 Å². The van der Waals surface area contributed by atoms with E-state index in [-0.39, 0.29) is 11.3 Å². The van der Waals surface area contributed by atoms with Crippen LogP contribution in [0.25, 0.3) is 16.9 Å². The number of carbonyl (C=O) groups is 1. The summed E-state index contributed by atoms with van der Waals surface area (Å²) in [5.41, 5.74) is 3.48. The number of anilines is 1. The lowest BCUT2D eigenvalue weighted by Crippen LogP contribution is -2.12. The molecule has 2 aromatic heterocycles. The highest BCUT2D eigenvalue weighted by Crippen LogP contribution is 2.22. The second-order valence-corrected chi connectivity index (χ2v) is 5.97. The molecule has 5 nitrogen and oxygen atoms in total. The molecule has 6 heteroatoms. The van der Waals surface area contributed by atoms with E-state index in [0.29, 0.717) is 5.69 Å². The first-order valence-electron chi connectivity index (χ1n) is 8.33. The van der Waals surface area contributed by atoms with Crippen molar-refractivity contribution in [2.24, 2.45) is 0 Å². The summed E-state index contributed by atoms with van der Waals surface area (Å²) < 4.78 is 20.6. The molecule has 27 heavy (non-hydrogen) atoms. The van der Waals surface area contributed by atoms with Gasteiger partial charge in [-0.1, -0.05) is 18.2 Å². The molecule has 0 aliphatic rings. The maximum atomic E-state index is 13.8. The average Bonchev–Trinajstić information content (AvgIpc) is 3.12. The van der Waals surface area contributed by atoms with Gasteiger partial charge in [0.05, 0.1) is 12.8 Å². The number of aromatic nitrogens is 2. The van der Waals surface area contributed by atoms with Gasteiger partial charge < -0.3 is 14.5 Å². The summed E-state index contributed by atoms with van der Waals surface area (Å²) in [5, 5.41) is 2.76. The summed E-state index contributed by atoms with van der Waals surface area (Å²) in [7, 11) is 1.38. The van der Waals surface area contributed by atoms with Crippen LogP contribution in [0.5, 0.6) is 5.75 Å². The summed E-state index contributed by atoms with van der Waals surface area (Å²) in [4.78, 5) is 16.9. The van der Waals surface area contributed by atoms with Crippen molar-refractivity contribution in [1.29, 1.82) is 0 Å². The second kappa shape index (κ2) is 6.92. The molecule has 0 aliphatic carbocycles. The van der Waals surface area contributed by atoms with Crippen LogP contribution in [0, 0.1) is 5.82 Å². The number of imidazole rings is 1. The summed E-state index contributed by atoms with van der Waals surface area (Å²) in [6, 6.07) is 17.3. The summed E-state index contributed by atoms with van der Waals surface area (Å²) in [6.07, 6.45) is 3.89. The Morgan fingerprint density at radius 3 is 2.63 bits per heavy atom. The minimum Gasteiger partial charge on any atom is -0.494 e. The third kappa shape index (κ3) is 3.37. The second-order valence-electron chi connectivity index (χ2n) is 5.97. The molecule has 0 unspecified atom stereocenters. The van der Waals surface area contributed by atoms with Crippen molar-refractivity contribution in [2.75, 3.05) is 12.4 Å². The van der Waals surface area contributed by atoms with Crippen LogP contribution in [0.2, 0.25) is 0 Å². The van der Waals surface area contributed by atoms with Gasteiger partial charge in [-0.25, -0.2) is 9.37 Å². The number of amides is 1. The molecular formula is C21H16FN3O2. The maximum absolute atomic E-state index is 13.8. The number of halogens is 1. The van der Waals surface area contributed by atoms with Crippen LogP contribution >= 0.6 is 0 Å². The van der Waals surface area contributed by atoms with E-state index in [9.17, 15) is 9.18 Å². The number of carbonyl (C=O) groups excluding carboxylic acids is 1. The van der Waals surface area contributed by atoms with Crippen molar-refractivity contribution >= 4 is 17.2 Å². The highest BCUT2D eigenvalue weighted by molar-refractivity contribution is 6.04. The molecule has 1 N–H and O–H groups in total. The lowest BCUT2D eigenvalue weighted by atomic mass is 10.1. The molecule has 134 valence electrons. The smallest absolute Gasteiger partial charge is 0.255 e. The number of ether oxygens (including phenoxy) is 1. The zero-order chi connectivity index (χ0) is 18.8. The van der Waals surface area contributed by atoms with Gasteiger partial charge >= 0.3 is 0 Å². The van der Waals surface area contributed by atoms with Crippen LogP contribution in [-0.4, -0.2) is 22.4 Å². The van der Waals surface area contributed by atoms with Gasteiger partial charge in [0.25, 0.3) is 5.91 Å². The van der Waals surface area contributed by atoms with Crippen molar-refractivity contribution in [2.45, 2.75) is 0 Å². The van der Waals surface area contributed by atoms with Gasteiger partial charge in [-0.05, 0) is 42.5 Å².